The molecule has 1 atom stereocenters. The molecule has 0 bridgehead atoms. The summed E-state index contributed by atoms with van der Waals surface area (Å²) >= 11 is 6.63. The second kappa shape index (κ2) is 9.70. The van der Waals surface area contributed by atoms with Crippen LogP contribution in [-0.2, 0) is 34.9 Å². The van der Waals surface area contributed by atoms with Crippen LogP contribution in [0, 0.1) is 0 Å². The van der Waals surface area contributed by atoms with Gasteiger partial charge in [-0.1, -0.05) is 18.5 Å². The standard InChI is InChI=1S/C19H16ClN5O9S4/c1-3-36(27,28)19-21-12-6-7-13(17(16(12)35-19)38(32,33)34)22-23-15-9(2)24-25(18(15)26)14-8-10(37(29,30)31)4-5-11(14)20/h4-8,15H,3H2,1-2H3,(H,29,30,31)(H,32,33,34)/t15-/m1/s1. The van der Waals surface area contributed by atoms with E-state index in [0.717, 1.165) is 29.3 Å². The minimum Gasteiger partial charge on any atom is -0.282 e. The quantitative estimate of drug-likeness (QED) is 0.290. The van der Waals surface area contributed by atoms with Gasteiger partial charge in [0.1, 0.15) is 10.6 Å². The van der Waals surface area contributed by atoms with Crippen molar-refractivity contribution < 1.29 is 39.2 Å². The smallest absolute Gasteiger partial charge is 0.282 e. The number of hydrogen-bond donors (Lipinski definition) is 2. The van der Waals surface area contributed by atoms with E-state index in [1.807, 2.05) is 0 Å². The molecule has 2 aromatic carbocycles. The highest BCUT2D eigenvalue weighted by Crippen LogP contribution is 2.38. The van der Waals surface area contributed by atoms with E-state index in [-0.39, 0.29) is 36.7 Å². The lowest BCUT2D eigenvalue weighted by Gasteiger charge is -2.15. The highest BCUT2D eigenvalue weighted by Gasteiger charge is 2.36. The molecule has 1 amide bonds. The molecule has 0 aliphatic carbocycles. The molecule has 0 unspecified atom stereocenters. The van der Waals surface area contributed by atoms with E-state index in [1.54, 1.807) is 0 Å². The van der Waals surface area contributed by atoms with Crippen LogP contribution in [-0.4, -0.2) is 62.8 Å². The summed E-state index contributed by atoms with van der Waals surface area (Å²) in [6.45, 7) is 2.79. The molecule has 0 fully saturated rings. The summed E-state index contributed by atoms with van der Waals surface area (Å²) in [6.07, 6.45) is 0. The van der Waals surface area contributed by atoms with Gasteiger partial charge in [0.15, 0.2) is 6.04 Å². The van der Waals surface area contributed by atoms with Gasteiger partial charge in [-0.05, 0) is 37.3 Å². The fourth-order valence-electron chi connectivity index (χ4n) is 3.32. The molecule has 0 spiro atoms. The molecule has 2 N–H and O–H groups in total. The lowest BCUT2D eigenvalue weighted by molar-refractivity contribution is -0.117. The number of nitrogens with zero attached hydrogens (tertiary/aromatic N) is 5. The highest BCUT2D eigenvalue weighted by atomic mass is 35.5. The van der Waals surface area contributed by atoms with Gasteiger partial charge < -0.3 is 0 Å². The van der Waals surface area contributed by atoms with Gasteiger partial charge in [0, 0.05) is 0 Å². The first-order valence-electron chi connectivity index (χ1n) is 10.3. The number of hydrazone groups is 1. The van der Waals surface area contributed by atoms with Gasteiger partial charge in [0.05, 0.1) is 37.3 Å². The first kappa shape index (κ1) is 28.1. The molecule has 4 rings (SSSR count). The Morgan fingerprint density at radius 2 is 1.76 bits per heavy atom. The van der Waals surface area contributed by atoms with Crippen LogP contribution in [0.2, 0.25) is 5.02 Å². The van der Waals surface area contributed by atoms with Crippen LogP contribution in [0.4, 0.5) is 11.4 Å². The van der Waals surface area contributed by atoms with E-state index in [9.17, 15) is 39.2 Å². The van der Waals surface area contributed by atoms with Gasteiger partial charge in [-0.3, -0.25) is 13.9 Å². The summed E-state index contributed by atoms with van der Waals surface area (Å²) in [7, 11) is -13.3. The molecule has 1 aliphatic rings. The molecule has 3 aromatic rings. The Hall–Kier alpha value is -2.87. The number of sulfone groups is 1. The molecule has 0 radical (unpaired) electrons. The van der Waals surface area contributed by atoms with Crippen LogP contribution in [0.3, 0.4) is 0 Å². The van der Waals surface area contributed by atoms with E-state index in [4.69, 9.17) is 11.6 Å². The summed E-state index contributed by atoms with van der Waals surface area (Å²) in [5.74, 6) is -1.11. The second-order valence-electron chi connectivity index (χ2n) is 7.72. The monoisotopic (exact) mass is 621 g/mol. The lowest BCUT2D eigenvalue weighted by atomic mass is 10.2. The SMILES string of the molecule is CCS(=O)(=O)c1nc2ccc(N=N[C@H]3C(=O)N(c4cc(S(=O)(=O)O)ccc4Cl)N=C3C)c(S(=O)(=O)O)c2s1. The number of hydrogen-bond acceptors (Lipinski definition) is 12. The largest absolute Gasteiger partial charge is 0.298 e. The first-order valence-corrected chi connectivity index (χ1v) is 16.0. The number of benzene rings is 2. The number of anilines is 1. The number of carbonyl (C=O) groups excluding carboxylic acids is 1. The Bertz CT molecular complexity index is 1880. The van der Waals surface area contributed by atoms with Crippen molar-refractivity contribution in [2.45, 2.75) is 34.0 Å². The number of carbonyl (C=O) groups is 1. The molecule has 38 heavy (non-hydrogen) atoms. The summed E-state index contributed by atoms with van der Waals surface area (Å²) in [6, 6.07) is 4.13. The summed E-state index contributed by atoms with van der Waals surface area (Å²) in [5, 5.41) is 12.4. The lowest BCUT2D eigenvalue weighted by Crippen LogP contribution is -2.30. The third-order valence-electron chi connectivity index (χ3n) is 5.20. The van der Waals surface area contributed by atoms with Crippen LogP contribution >= 0.6 is 22.9 Å². The summed E-state index contributed by atoms with van der Waals surface area (Å²) in [4.78, 5) is 15.7. The van der Waals surface area contributed by atoms with Gasteiger partial charge in [-0.15, -0.1) is 11.3 Å². The molecule has 0 saturated carbocycles. The van der Waals surface area contributed by atoms with Crippen LogP contribution < -0.4 is 5.01 Å². The predicted octanol–water partition coefficient (Wildman–Crippen LogP) is 3.11. The predicted molar refractivity (Wildman–Crippen MR) is 137 cm³/mol. The van der Waals surface area contributed by atoms with Crippen LogP contribution in [0.1, 0.15) is 13.8 Å². The molecule has 2 heterocycles. The Balaban J connectivity index is 1.76. The zero-order chi connectivity index (χ0) is 28.2. The molecule has 1 aromatic heterocycles. The maximum Gasteiger partial charge on any atom is 0.298 e. The zero-order valence-electron chi connectivity index (χ0n) is 19.2. The highest BCUT2D eigenvalue weighted by molar-refractivity contribution is 7.93. The topological polar surface area (TPSA) is 213 Å². The van der Waals surface area contributed by atoms with Crippen molar-refractivity contribution in [2.24, 2.45) is 15.3 Å². The normalized spacial score (nSPS) is 17.1. The fourth-order valence-corrected chi connectivity index (χ4v) is 7.50. The Labute approximate surface area is 225 Å². The van der Waals surface area contributed by atoms with Crippen molar-refractivity contribution in [2.75, 3.05) is 10.8 Å². The van der Waals surface area contributed by atoms with E-state index in [0.29, 0.717) is 11.3 Å². The number of fused-ring (bicyclic) bond motifs is 1. The maximum atomic E-state index is 13.0. The first-order chi connectivity index (χ1) is 17.5. The Morgan fingerprint density at radius 1 is 1.08 bits per heavy atom. The van der Waals surface area contributed by atoms with E-state index < -0.39 is 57.5 Å². The van der Waals surface area contributed by atoms with Crippen molar-refractivity contribution in [3.63, 3.8) is 0 Å². The average molecular weight is 622 g/mol. The van der Waals surface area contributed by atoms with E-state index in [1.165, 1.54) is 19.9 Å². The third-order valence-corrected chi connectivity index (χ3v) is 10.7. The molecule has 0 saturated heterocycles. The maximum absolute atomic E-state index is 13.0. The minimum absolute atomic E-state index is 0.0113. The van der Waals surface area contributed by atoms with E-state index in [2.05, 4.69) is 20.3 Å². The van der Waals surface area contributed by atoms with E-state index >= 15 is 0 Å². The number of thiazole rings is 1. The van der Waals surface area contributed by atoms with Crippen molar-refractivity contribution in [3.8, 4) is 0 Å². The van der Waals surface area contributed by atoms with Crippen LogP contribution in [0.25, 0.3) is 10.2 Å². The van der Waals surface area contributed by atoms with Crippen LogP contribution in [0.5, 0.6) is 0 Å². The number of aromatic nitrogens is 1. The molecule has 202 valence electrons. The van der Waals surface area contributed by atoms with Crippen molar-refractivity contribution in [1.29, 1.82) is 0 Å². The van der Waals surface area contributed by atoms with Crippen molar-refractivity contribution >= 4 is 86.2 Å². The molecule has 1 aliphatic heterocycles. The van der Waals surface area contributed by atoms with Gasteiger partial charge in [0.2, 0.25) is 14.2 Å². The number of amides is 1. The van der Waals surface area contributed by atoms with Crippen molar-refractivity contribution in [3.05, 3.63) is 35.4 Å². The number of halogens is 1. The molecular weight excluding hydrogens is 606 g/mol. The summed E-state index contributed by atoms with van der Waals surface area (Å²) in [5.41, 5.74) is -0.494. The summed E-state index contributed by atoms with van der Waals surface area (Å²) < 4.78 is 90.5. The van der Waals surface area contributed by atoms with Gasteiger partial charge in [0.25, 0.3) is 26.1 Å². The third kappa shape index (κ3) is 5.20. The zero-order valence-corrected chi connectivity index (χ0v) is 23.2. The fraction of sp³-hybridized carbons (Fsp3) is 0.211. The minimum atomic E-state index is -4.95. The second-order valence-corrected chi connectivity index (χ2v) is 14.4. The van der Waals surface area contributed by atoms with Gasteiger partial charge in [-0.25, -0.2) is 13.4 Å². The number of azo groups is 1. The Kier molecular flexibility index (Phi) is 7.19. The van der Waals surface area contributed by atoms with Crippen molar-refractivity contribution in [1.82, 2.24) is 4.98 Å². The van der Waals surface area contributed by atoms with Gasteiger partial charge >= 0.3 is 0 Å². The molecule has 19 heteroatoms. The Morgan fingerprint density at radius 3 is 2.37 bits per heavy atom. The van der Waals surface area contributed by atoms with Gasteiger partial charge in [-0.2, -0.15) is 37.2 Å². The average Bonchev–Trinajstić information content (AvgIpc) is 3.37. The molecular formula is C19H16ClN5O9S4. The van der Waals surface area contributed by atoms with Crippen LogP contribution in [0.15, 0.2) is 59.8 Å². The number of rotatable bonds is 7. The molecule has 14 nitrogen and oxygen atoms in total.